The Morgan fingerprint density at radius 3 is 2.74 bits per heavy atom. The van der Waals surface area contributed by atoms with Crippen LogP contribution >= 0.6 is 0 Å². The molecule has 1 aliphatic carbocycles. The highest BCUT2D eigenvalue weighted by Gasteiger charge is 2.30. The summed E-state index contributed by atoms with van der Waals surface area (Å²) >= 11 is 0. The highest BCUT2D eigenvalue weighted by atomic mass is 16.5. The number of hydrogen-bond donors (Lipinski definition) is 2. The number of nitrogens with one attached hydrogen (secondary N) is 2. The first-order chi connectivity index (χ1) is 11.0. The number of carbonyl (C=O) groups is 1. The van der Waals surface area contributed by atoms with Crippen LogP contribution < -0.4 is 5.32 Å². The van der Waals surface area contributed by atoms with Crippen molar-refractivity contribution in [3.63, 3.8) is 0 Å². The number of rotatable bonds is 4. The molecule has 1 fully saturated rings. The van der Waals surface area contributed by atoms with Gasteiger partial charge >= 0.3 is 0 Å². The molecule has 7 nitrogen and oxygen atoms in total. The van der Waals surface area contributed by atoms with Crippen LogP contribution in [0.3, 0.4) is 0 Å². The number of nitrogens with zero attached hydrogens (tertiary/aromatic N) is 3. The van der Waals surface area contributed by atoms with Crippen LogP contribution in [-0.2, 0) is 5.54 Å². The Labute approximate surface area is 135 Å². The van der Waals surface area contributed by atoms with Gasteiger partial charge in [0.1, 0.15) is 11.2 Å². The normalized spacial score (nSPS) is 16.5. The first-order valence-electron chi connectivity index (χ1n) is 8.14. The summed E-state index contributed by atoms with van der Waals surface area (Å²) in [7, 11) is 0. The minimum absolute atomic E-state index is 0.246. The Morgan fingerprint density at radius 2 is 2.09 bits per heavy atom. The maximum Gasteiger partial charge on any atom is 0.272 e. The van der Waals surface area contributed by atoms with Gasteiger partial charge in [-0.2, -0.15) is 10.1 Å². The van der Waals surface area contributed by atoms with Crippen molar-refractivity contribution in [1.82, 2.24) is 25.7 Å². The van der Waals surface area contributed by atoms with Crippen molar-refractivity contribution < 1.29 is 9.32 Å². The fourth-order valence-electron chi connectivity index (χ4n) is 3.03. The van der Waals surface area contributed by atoms with E-state index in [1.165, 1.54) is 19.3 Å². The van der Waals surface area contributed by atoms with Gasteiger partial charge in [-0.1, -0.05) is 24.4 Å². The van der Waals surface area contributed by atoms with E-state index < -0.39 is 5.54 Å². The van der Waals surface area contributed by atoms with Crippen LogP contribution in [0.25, 0.3) is 0 Å². The Balaban J connectivity index is 1.69. The molecule has 0 radical (unpaired) electrons. The predicted octanol–water partition coefficient (Wildman–Crippen LogP) is 2.81. The number of amides is 1. The van der Waals surface area contributed by atoms with Gasteiger partial charge in [-0.25, -0.2) is 0 Å². The molecule has 23 heavy (non-hydrogen) atoms. The average molecular weight is 317 g/mol. The van der Waals surface area contributed by atoms with E-state index in [9.17, 15) is 4.79 Å². The summed E-state index contributed by atoms with van der Waals surface area (Å²) in [5.41, 5.74) is 0.707. The minimum atomic E-state index is -0.748. The standard InChI is InChI=1S/C16H23N5O2/c1-10-17-15(23-21-10)16(2,3)18-14(22)13-9-12(19-20-13)11-7-5-4-6-8-11/h9,11H,4-8H2,1-3H3,(H,18,22)(H,19,20). The lowest BCUT2D eigenvalue weighted by atomic mass is 9.87. The SMILES string of the molecule is Cc1noc(C(C)(C)NC(=O)c2cc(C3CCCCC3)[nH]n2)n1. The zero-order chi connectivity index (χ0) is 16.4. The van der Waals surface area contributed by atoms with Gasteiger partial charge in [-0.05, 0) is 39.7 Å². The van der Waals surface area contributed by atoms with Crippen molar-refractivity contribution in [2.75, 3.05) is 0 Å². The summed E-state index contributed by atoms with van der Waals surface area (Å²) in [6.07, 6.45) is 6.12. The molecule has 124 valence electrons. The summed E-state index contributed by atoms with van der Waals surface area (Å²) in [6, 6.07) is 1.86. The quantitative estimate of drug-likeness (QED) is 0.903. The first-order valence-corrected chi connectivity index (χ1v) is 8.14. The maximum absolute atomic E-state index is 12.5. The average Bonchev–Trinajstić information content (AvgIpc) is 3.17. The predicted molar refractivity (Wildman–Crippen MR) is 83.9 cm³/mol. The number of carbonyl (C=O) groups excluding carboxylic acids is 1. The van der Waals surface area contributed by atoms with Gasteiger partial charge in [0.15, 0.2) is 5.82 Å². The van der Waals surface area contributed by atoms with Crippen LogP contribution in [0.5, 0.6) is 0 Å². The van der Waals surface area contributed by atoms with Crippen molar-refractivity contribution in [3.05, 3.63) is 29.2 Å². The van der Waals surface area contributed by atoms with Gasteiger partial charge in [-0.15, -0.1) is 0 Å². The van der Waals surface area contributed by atoms with E-state index >= 15 is 0 Å². The lowest BCUT2D eigenvalue weighted by molar-refractivity contribution is 0.0889. The highest BCUT2D eigenvalue weighted by Crippen LogP contribution is 2.31. The lowest BCUT2D eigenvalue weighted by Gasteiger charge is -2.21. The zero-order valence-electron chi connectivity index (χ0n) is 13.8. The maximum atomic E-state index is 12.5. The molecule has 0 aromatic carbocycles. The zero-order valence-corrected chi connectivity index (χ0v) is 13.8. The molecule has 0 saturated heterocycles. The molecule has 2 heterocycles. The van der Waals surface area contributed by atoms with E-state index in [-0.39, 0.29) is 5.91 Å². The van der Waals surface area contributed by atoms with Gasteiger partial charge in [0.2, 0.25) is 0 Å². The molecule has 0 spiro atoms. The number of aromatic nitrogens is 4. The molecule has 2 aromatic rings. The molecular weight excluding hydrogens is 294 g/mol. The van der Waals surface area contributed by atoms with E-state index in [0.29, 0.717) is 23.3 Å². The minimum Gasteiger partial charge on any atom is -0.337 e. The van der Waals surface area contributed by atoms with Crippen molar-refractivity contribution in [2.24, 2.45) is 0 Å². The smallest absolute Gasteiger partial charge is 0.272 e. The Hall–Kier alpha value is -2.18. The summed E-state index contributed by atoms with van der Waals surface area (Å²) in [4.78, 5) is 16.6. The van der Waals surface area contributed by atoms with E-state index in [4.69, 9.17) is 4.52 Å². The van der Waals surface area contributed by atoms with Gasteiger partial charge in [0.05, 0.1) is 0 Å². The molecular formula is C16H23N5O2. The van der Waals surface area contributed by atoms with Crippen LogP contribution in [0.2, 0.25) is 0 Å². The van der Waals surface area contributed by atoms with E-state index in [1.54, 1.807) is 6.92 Å². The monoisotopic (exact) mass is 317 g/mol. The van der Waals surface area contributed by atoms with Crippen molar-refractivity contribution in [2.45, 2.75) is 64.3 Å². The second kappa shape index (κ2) is 6.14. The summed E-state index contributed by atoms with van der Waals surface area (Å²) in [5, 5.41) is 13.9. The third kappa shape index (κ3) is 3.43. The molecule has 2 N–H and O–H groups in total. The Bertz CT molecular complexity index is 682. The van der Waals surface area contributed by atoms with Crippen LogP contribution in [0.4, 0.5) is 0 Å². The molecule has 1 saturated carbocycles. The largest absolute Gasteiger partial charge is 0.337 e. The molecule has 0 unspecified atom stereocenters. The van der Waals surface area contributed by atoms with Gasteiger partial charge in [0.25, 0.3) is 11.8 Å². The Kier molecular flexibility index (Phi) is 4.19. The topological polar surface area (TPSA) is 96.7 Å². The third-order valence-corrected chi connectivity index (χ3v) is 4.36. The number of aromatic amines is 1. The van der Waals surface area contributed by atoms with Gasteiger partial charge in [-0.3, -0.25) is 9.89 Å². The molecule has 0 bridgehead atoms. The molecule has 1 aliphatic rings. The molecule has 3 rings (SSSR count). The molecule has 0 aliphatic heterocycles. The number of H-pyrrole nitrogens is 1. The van der Waals surface area contributed by atoms with Crippen LogP contribution in [0.1, 0.15) is 79.8 Å². The van der Waals surface area contributed by atoms with Crippen LogP contribution in [0.15, 0.2) is 10.6 Å². The van der Waals surface area contributed by atoms with E-state index in [1.807, 2.05) is 19.9 Å². The van der Waals surface area contributed by atoms with Crippen molar-refractivity contribution >= 4 is 5.91 Å². The fourth-order valence-corrected chi connectivity index (χ4v) is 3.03. The van der Waals surface area contributed by atoms with Gasteiger partial charge < -0.3 is 9.84 Å². The fraction of sp³-hybridized carbons (Fsp3) is 0.625. The van der Waals surface area contributed by atoms with Crippen LogP contribution in [0, 0.1) is 6.92 Å². The summed E-state index contributed by atoms with van der Waals surface area (Å²) in [6.45, 7) is 5.40. The number of aryl methyl sites for hydroxylation is 1. The van der Waals surface area contributed by atoms with Crippen molar-refractivity contribution in [3.8, 4) is 0 Å². The van der Waals surface area contributed by atoms with Crippen molar-refractivity contribution in [1.29, 1.82) is 0 Å². The second-order valence-corrected chi connectivity index (χ2v) is 6.77. The van der Waals surface area contributed by atoms with E-state index in [2.05, 4.69) is 25.7 Å². The highest BCUT2D eigenvalue weighted by molar-refractivity contribution is 5.92. The lowest BCUT2D eigenvalue weighted by Crippen LogP contribution is -2.41. The molecule has 0 atom stereocenters. The molecule has 7 heteroatoms. The molecule has 2 aromatic heterocycles. The third-order valence-electron chi connectivity index (χ3n) is 4.36. The number of hydrogen-bond acceptors (Lipinski definition) is 5. The van der Waals surface area contributed by atoms with Gasteiger partial charge in [0, 0.05) is 11.6 Å². The second-order valence-electron chi connectivity index (χ2n) is 6.77. The van der Waals surface area contributed by atoms with E-state index in [0.717, 1.165) is 18.5 Å². The Morgan fingerprint density at radius 1 is 1.35 bits per heavy atom. The van der Waals surface area contributed by atoms with Crippen LogP contribution in [-0.4, -0.2) is 26.2 Å². The summed E-state index contributed by atoms with van der Waals surface area (Å²) < 4.78 is 5.16. The first kappa shape index (κ1) is 15.7. The summed E-state index contributed by atoms with van der Waals surface area (Å²) in [5.74, 6) is 1.17. The molecule has 1 amide bonds.